The van der Waals surface area contributed by atoms with Crippen LogP contribution >= 0.6 is 23.2 Å². The third-order valence-electron chi connectivity index (χ3n) is 5.64. The van der Waals surface area contributed by atoms with E-state index in [4.69, 9.17) is 32.4 Å². The lowest BCUT2D eigenvalue weighted by molar-refractivity contribution is -0.110. The van der Waals surface area contributed by atoms with E-state index in [-0.39, 0.29) is 67.4 Å². The molecule has 0 bridgehead atoms. The molecule has 1 unspecified atom stereocenters. The molecule has 13 nitrogen and oxygen atoms in total. The summed E-state index contributed by atoms with van der Waals surface area (Å²) in [5, 5.41) is 4.87. The lowest BCUT2D eigenvalue weighted by Gasteiger charge is -2.25. The first-order valence-corrected chi connectivity index (χ1v) is 14.5. The molecular weight excluding hydrogens is 599 g/mol. The van der Waals surface area contributed by atoms with E-state index in [9.17, 15) is 30.7 Å². The van der Waals surface area contributed by atoms with Gasteiger partial charge in [-0.1, -0.05) is 29.3 Å². The van der Waals surface area contributed by atoms with Crippen LogP contribution in [0.25, 0.3) is 22.6 Å². The summed E-state index contributed by atoms with van der Waals surface area (Å²) in [6.45, 7) is 1.63. The molecule has 1 atom stereocenters. The average molecular weight is 615 g/mol. The molecule has 2 aliphatic heterocycles. The third kappa shape index (κ3) is 4.77. The summed E-state index contributed by atoms with van der Waals surface area (Å²) in [4.78, 5) is 18.0. The Kier molecular flexibility index (Phi) is 6.69. The number of ether oxygens (including phenoxy) is 1. The van der Waals surface area contributed by atoms with Gasteiger partial charge >= 0.3 is 10.1 Å². The quantitative estimate of drug-likeness (QED) is 0.124. The Bertz CT molecular complexity index is 1940. The minimum atomic E-state index is -4.90. The molecule has 17 heteroatoms. The summed E-state index contributed by atoms with van der Waals surface area (Å²) in [6.07, 6.45) is 0.474. The van der Waals surface area contributed by atoms with Gasteiger partial charge in [0.05, 0.1) is 17.6 Å². The fourth-order valence-corrected chi connectivity index (χ4v) is 5.86. The van der Waals surface area contributed by atoms with Crippen molar-refractivity contribution in [1.29, 1.82) is 0 Å². The van der Waals surface area contributed by atoms with E-state index in [0.717, 1.165) is 6.07 Å². The molecule has 0 aromatic heterocycles. The highest BCUT2D eigenvalue weighted by Gasteiger charge is 2.33. The van der Waals surface area contributed by atoms with E-state index >= 15 is 0 Å². The summed E-state index contributed by atoms with van der Waals surface area (Å²) < 4.78 is 79.7. The van der Waals surface area contributed by atoms with Crippen molar-refractivity contribution in [1.82, 2.24) is 10.3 Å². The number of hydrogen-bond acceptors (Lipinski definition) is 10. The van der Waals surface area contributed by atoms with Gasteiger partial charge in [-0.05, 0) is 31.2 Å². The van der Waals surface area contributed by atoms with Crippen LogP contribution in [0.5, 0.6) is 11.5 Å². The van der Waals surface area contributed by atoms with Crippen LogP contribution in [-0.4, -0.2) is 49.9 Å². The number of para-hydroxylation sites is 1. The second-order valence-electron chi connectivity index (χ2n) is 8.32. The van der Waals surface area contributed by atoms with Gasteiger partial charge in [0.2, 0.25) is 6.41 Å². The zero-order valence-corrected chi connectivity index (χ0v) is 22.6. The molecule has 0 fully saturated rings. The van der Waals surface area contributed by atoms with Gasteiger partial charge in [-0.2, -0.15) is 16.8 Å². The minimum absolute atomic E-state index is 0.0138. The van der Waals surface area contributed by atoms with Gasteiger partial charge in [0.25, 0.3) is 10.1 Å². The van der Waals surface area contributed by atoms with Crippen LogP contribution in [0.3, 0.4) is 0 Å². The number of fused-ring (bicyclic) bond motifs is 4. The molecule has 2 aromatic rings. The van der Waals surface area contributed by atoms with Gasteiger partial charge in [0, 0.05) is 6.04 Å². The molecule has 0 saturated carbocycles. The van der Waals surface area contributed by atoms with E-state index in [1.54, 1.807) is 6.92 Å². The minimum Gasteiger partial charge on any atom is -0.450 e. The maximum atomic E-state index is 12.4. The maximum Gasteiger partial charge on any atom is 0.300 e. The number of aromatic nitrogens is 1. The first-order chi connectivity index (χ1) is 18.3. The molecule has 2 heterocycles. The fraction of sp³-hybridized carbons (Fsp3) is 0.136. The van der Waals surface area contributed by atoms with Crippen LogP contribution in [0.15, 0.2) is 49.5 Å². The van der Waals surface area contributed by atoms with E-state index in [1.807, 2.05) is 0 Å². The first kappa shape index (κ1) is 27.1. The van der Waals surface area contributed by atoms with Crippen molar-refractivity contribution in [2.24, 2.45) is 4.99 Å². The van der Waals surface area contributed by atoms with E-state index in [2.05, 4.69) is 20.6 Å². The number of carbonyl (C=O) groups is 1. The highest BCUT2D eigenvalue weighted by Crippen LogP contribution is 2.54. The molecule has 3 aliphatic rings. The molecule has 0 radical (unpaired) electrons. The molecule has 1 aliphatic carbocycles. The molecule has 0 spiro atoms. The number of rotatable bonds is 6. The summed E-state index contributed by atoms with van der Waals surface area (Å²) in [5.74, 6) is -0.732. The lowest BCUT2D eigenvalue weighted by Crippen LogP contribution is -2.28. The average Bonchev–Trinajstić information content (AvgIpc) is 2.87. The SMILES string of the molecule is CC(CN=c1ccc2nc3c(Cl)c4c(c(Cl)c3oc-2c1S(=O)(=O)O)Nc1cccc(S(=O)(=O)O)c1O4)NC=O. The summed E-state index contributed by atoms with van der Waals surface area (Å²) >= 11 is 13.2. The number of hydrogen-bond donors (Lipinski definition) is 4. The standard InChI is InChI=1S/C22H16Cl2N4O9S2/c1-9(26-8-29)7-25-12-6-5-11-19(22(12)39(33,34)35)37-21-15(24)16-20(14(23)17(21)28-11)36-18-10(27-16)3-2-4-13(18)38(30,31)32/h2-6,8-9,27H,7H2,1H3,(H,26,29)(H,30,31,32)(H,33,34,35). The Morgan fingerprint density at radius 2 is 1.85 bits per heavy atom. The number of benzene rings is 3. The highest BCUT2D eigenvalue weighted by molar-refractivity contribution is 7.86. The summed E-state index contributed by atoms with van der Waals surface area (Å²) in [5.41, 5.74) is -0.133. The Balaban J connectivity index is 1.77. The second-order valence-corrected chi connectivity index (χ2v) is 11.8. The van der Waals surface area contributed by atoms with Crippen LogP contribution < -0.4 is 20.7 Å². The van der Waals surface area contributed by atoms with Crippen LogP contribution in [0.2, 0.25) is 10.0 Å². The van der Waals surface area contributed by atoms with Crippen molar-refractivity contribution < 1.29 is 39.9 Å². The first-order valence-electron chi connectivity index (χ1n) is 10.8. The van der Waals surface area contributed by atoms with Crippen LogP contribution in [0.1, 0.15) is 6.92 Å². The zero-order chi connectivity index (χ0) is 28.3. The van der Waals surface area contributed by atoms with Gasteiger partial charge in [-0.15, -0.1) is 0 Å². The van der Waals surface area contributed by atoms with Gasteiger partial charge in [0.15, 0.2) is 27.7 Å². The Hall–Kier alpha value is -3.47. The van der Waals surface area contributed by atoms with Crippen LogP contribution in [0, 0.1) is 0 Å². The molecule has 5 rings (SSSR count). The predicted octanol–water partition coefficient (Wildman–Crippen LogP) is 3.62. The van der Waals surface area contributed by atoms with Crippen LogP contribution in [0.4, 0.5) is 11.4 Å². The second kappa shape index (κ2) is 9.62. The molecule has 2 aromatic carbocycles. The summed E-state index contributed by atoms with van der Waals surface area (Å²) in [6, 6.07) is 6.17. The smallest absolute Gasteiger partial charge is 0.300 e. The van der Waals surface area contributed by atoms with E-state index < -0.39 is 36.1 Å². The molecule has 4 N–H and O–H groups in total. The van der Waals surface area contributed by atoms with Crippen molar-refractivity contribution in [2.45, 2.75) is 22.8 Å². The normalized spacial score (nSPS) is 14.3. The Morgan fingerprint density at radius 1 is 1.10 bits per heavy atom. The largest absolute Gasteiger partial charge is 0.450 e. The van der Waals surface area contributed by atoms with Crippen molar-refractivity contribution in [3.63, 3.8) is 0 Å². The van der Waals surface area contributed by atoms with E-state index in [0.29, 0.717) is 6.41 Å². The Morgan fingerprint density at radius 3 is 2.51 bits per heavy atom. The van der Waals surface area contributed by atoms with Gasteiger partial charge in [-0.3, -0.25) is 18.9 Å². The van der Waals surface area contributed by atoms with Crippen molar-refractivity contribution >= 4 is 72.3 Å². The van der Waals surface area contributed by atoms with Crippen molar-refractivity contribution in [3.05, 3.63) is 45.7 Å². The topological polar surface area (TPSA) is 197 Å². The van der Waals surface area contributed by atoms with Crippen LogP contribution in [-0.2, 0) is 25.0 Å². The third-order valence-corrected chi connectivity index (χ3v) is 8.14. The number of halogens is 2. The number of nitrogens with one attached hydrogen (secondary N) is 2. The highest BCUT2D eigenvalue weighted by atomic mass is 35.5. The lowest BCUT2D eigenvalue weighted by atomic mass is 10.1. The molecule has 39 heavy (non-hydrogen) atoms. The number of amides is 1. The number of anilines is 2. The molecule has 204 valence electrons. The number of nitrogens with zero attached hydrogens (tertiary/aromatic N) is 2. The van der Waals surface area contributed by atoms with Gasteiger partial charge in [-0.25, -0.2) is 4.98 Å². The van der Waals surface area contributed by atoms with Crippen molar-refractivity contribution in [2.75, 3.05) is 11.9 Å². The number of carbonyl (C=O) groups excluding carboxylic acids is 1. The monoisotopic (exact) mass is 614 g/mol. The molecule has 0 saturated heterocycles. The van der Waals surface area contributed by atoms with Gasteiger partial charge in [0.1, 0.15) is 31.8 Å². The van der Waals surface area contributed by atoms with Crippen molar-refractivity contribution in [3.8, 4) is 23.0 Å². The maximum absolute atomic E-state index is 12.4. The Labute approximate surface area is 230 Å². The van der Waals surface area contributed by atoms with Gasteiger partial charge < -0.3 is 19.8 Å². The molecule has 1 amide bonds. The fourth-order valence-electron chi connectivity index (χ4n) is 3.92. The zero-order valence-electron chi connectivity index (χ0n) is 19.5. The van der Waals surface area contributed by atoms with E-state index in [1.165, 1.54) is 24.3 Å². The summed E-state index contributed by atoms with van der Waals surface area (Å²) in [7, 11) is -9.57. The molecular formula is C22H16Cl2N4O9S2. The predicted molar refractivity (Wildman–Crippen MR) is 139 cm³/mol.